The van der Waals surface area contributed by atoms with E-state index in [1.807, 2.05) is 6.92 Å². The van der Waals surface area contributed by atoms with E-state index in [2.05, 4.69) is 40.7 Å². The number of hydrogen-bond acceptors (Lipinski definition) is 4. The highest BCUT2D eigenvalue weighted by Crippen LogP contribution is 2.75. The average Bonchev–Trinajstić information content (AvgIpc) is 2.71. The molecule has 0 amide bonds. The molecule has 0 radical (unpaired) electrons. The number of aliphatic carboxylic acids is 1. The van der Waals surface area contributed by atoms with Gasteiger partial charge in [0.1, 0.15) is 5.41 Å². The predicted molar refractivity (Wildman–Crippen MR) is 131 cm³/mol. The normalized spacial score (nSPS) is 56.3. The summed E-state index contributed by atoms with van der Waals surface area (Å²) in [5.74, 6) is -0.375. The van der Waals surface area contributed by atoms with Crippen molar-refractivity contribution in [1.82, 2.24) is 0 Å². The van der Waals surface area contributed by atoms with Crippen LogP contribution in [-0.2, 0) is 4.79 Å². The molecule has 5 aliphatic carbocycles. The van der Waals surface area contributed by atoms with Gasteiger partial charge in [-0.3, -0.25) is 4.79 Å². The summed E-state index contributed by atoms with van der Waals surface area (Å²) in [7, 11) is 0. The molecule has 5 heteroatoms. The van der Waals surface area contributed by atoms with E-state index in [1.54, 1.807) is 0 Å². The summed E-state index contributed by atoms with van der Waals surface area (Å²) in [6.45, 7) is 13.4. The number of hydrogen-bond donors (Lipinski definition) is 4. The molecule has 10 unspecified atom stereocenters. The maximum atomic E-state index is 12.7. The highest BCUT2D eigenvalue weighted by atomic mass is 16.4. The van der Waals surface area contributed by atoms with Gasteiger partial charge in [0.05, 0.1) is 17.8 Å². The Morgan fingerprint density at radius 2 is 1.56 bits per heavy atom. The lowest BCUT2D eigenvalue weighted by molar-refractivity contribution is -0.221. The summed E-state index contributed by atoms with van der Waals surface area (Å²) in [5.41, 5.74) is -1.30. The van der Waals surface area contributed by atoms with Crippen LogP contribution in [0, 0.1) is 44.8 Å². The number of carboxylic acid groups (broad SMARTS) is 1. The fourth-order valence-electron chi connectivity index (χ4n) is 10.5. The molecular weight excluding hydrogens is 428 g/mol. The third-order valence-corrected chi connectivity index (χ3v) is 12.8. The summed E-state index contributed by atoms with van der Waals surface area (Å²) in [4.78, 5) is 12.7. The van der Waals surface area contributed by atoms with Crippen LogP contribution in [0.5, 0.6) is 0 Å². The zero-order valence-corrected chi connectivity index (χ0v) is 22.0. The molecule has 0 spiro atoms. The van der Waals surface area contributed by atoms with Crippen molar-refractivity contribution in [2.45, 2.75) is 117 Å². The Hall–Kier alpha value is -0.910. The Morgan fingerprint density at radius 1 is 0.882 bits per heavy atom. The van der Waals surface area contributed by atoms with E-state index in [0.29, 0.717) is 37.5 Å². The summed E-state index contributed by atoms with van der Waals surface area (Å²) in [6, 6.07) is 0. The molecule has 0 aromatic rings. The summed E-state index contributed by atoms with van der Waals surface area (Å²) in [5, 5.41) is 43.9. The van der Waals surface area contributed by atoms with E-state index < -0.39 is 23.1 Å². The van der Waals surface area contributed by atoms with E-state index in [4.69, 9.17) is 0 Å². The van der Waals surface area contributed by atoms with E-state index in [-0.39, 0.29) is 33.7 Å². The van der Waals surface area contributed by atoms with Crippen LogP contribution in [0.2, 0.25) is 0 Å². The molecule has 0 saturated heterocycles. The number of carbonyl (C=O) groups is 1. The third-order valence-electron chi connectivity index (χ3n) is 12.8. The molecule has 5 aliphatic rings. The number of rotatable bonds is 1. The molecule has 0 aromatic heterocycles. The minimum atomic E-state index is -1.20. The Bertz CT molecular complexity index is 921. The second-order valence-corrected chi connectivity index (χ2v) is 14.5. The molecule has 4 saturated carbocycles. The van der Waals surface area contributed by atoms with Gasteiger partial charge >= 0.3 is 5.97 Å². The zero-order valence-electron chi connectivity index (χ0n) is 22.0. The van der Waals surface area contributed by atoms with Crippen molar-refractivity contribution >= 4 is 5.97 Å². The summed E-state index contributed by atoms with van der Waals surface area (Å²) >= 11 is 0. The van der Waals surface area contributed by atoms with E-state index in [1.165, 1.54) is 5.57 Å². The van der Waals surface area contributed by atoms with Crippen molar-refractivity contribution in [1.29, 1.82) is 0 Å². The molecular formula is C29H46O5. The number of allylic oxidation sites excluding steroid dienone is 2. The van der Waals surface area contributed by atoms with Crippen LogP contribution in [-0.4, -0.2) is 44.2 Å². The van der Waals surface area contributed by atoms with Gasteiger partial charge in [-0.1, -0.05) is 46.3 Å². The summed E-state index contributed by atoms with van der Waals surface area (Å²) < 4.78 is 0. The first kappa shape index (κ1) is 24.8. The molecule has 10 atom stereocenters. The summed E-state index contributed by atoms with van der Waals surface area (Å²) in [6.07, 6.45) is 7.61. The lowest BCUT2D eigenvalue weighted by atomic mass is 9.33. The van der Waals surface area contributed by atoms with Crippen molar-refractivity contribution < 1.29 is 25.2 Å². The van der Waals surface area contributed by atoms with Gasteiger partial charge in [0.2, 0.25) is 0 Å². The largest absolute Gasteiger partial charge is 0.481 e. The first-order valence-corrected chi connectivity index (χ1v) is 13.6. The van der Waals surface area contributed by atoms with Crippen LogP contribution in [0.4, 0.5) is 0 Å². The van der Waals surface area contributed by atoms with Gasteiger partial charge in [-0.05, 0) is 98.2 Å². The van der Waals surface area contributed by atoms with Crippen LogP contribution < -0.4 is 0 Å². The molecule has 5 nitrogen and oxygen atoms in total. The number of aliphatic hydroxyl groups excluding tert-OH is 2. The van der Waals surface area contributed by atoms with Gasteiger partial charge in [0.25, 0.3) is 0 Å². The second kappa shape index (κ2) is 7.10. The van der Waals surface area contributed by atoms with E-state index in [0.717, 1.165) is 32.1 Å². The lowest BCUT2D eigenvalue weighted by Gasteiger charge is -2.71. The van der Waals surface area contributed by atoms with Crippen molar-refractivity contribution in [3.05, 3.63) is 11.6 Å². The van der Waals surface area contributed by atoms with Gasteiger partial charge in [0, 0.05) is 5.92 Å². The van der Waals surface area contributed by atoms with E-state index >= 15 is 0 Å². The molecule has 0 heterocycles. The van der Waals surface area contributed by atoms with Crippen molar-refractivity contribution in [2.75, 3.05) is 0 Å². The van der Waals surface area contributed by atoms with Gasteiger partial charge in [-0.25, -0.2) is 0 Å². The Morgan fingerprint density at radius 3 is 2.21 bits per heavy atom. The Labute approximate surface area is 205 Å². The third kappa shape index (κ3) is 2.81. The average molecular weight is 475 g/mol. The van der Waals surface area contributed by atoms with Crippen molar-refractivity contribution in [2.24, 2.45) is 44.8 Å². The van der Waals surface area contributed by atoms with Gasteiger partial charge in [0.15, 0.2) is 0 Å². The molecule has 192 valence electrons. The highest BCUT2D eigenvalue weighted by molar-refractivity contribution is 5.77. The van der Waals surface area contributed by atoms with Crippen LogP contribution in [0.25, 0.3) is 0 Å². The molecule has 5 rings (SSSR count). The first-order chi connectivity index (χ1) is 15.6. The molecule has 0 aromatic carbocycles. The first-order valence-electron chi connectivity index (χ1n) is 13.6. The van der Waals surface area contributed by atoms with Gasteiger partial charge in [-0.15, -0.1) is 0 Å². The number of aliphatic hydroxyl groups is 3. The minimum Gasteiger partial charge on any atom is -0.481 e. The molecule has 0 aliphatic heterocycles. The standard InChI is InChI=1S/C29H46O5/c1-24(2)19-9-12-27(5)20(26(19,4)11-10-21(24)30)8-7-17-18-15-25(3,34)13-14-29(18,23(32)33)22(31)16-28(17,27)6/h7,18-22,30-31,34H,8-16H2,1-6H3,(H,32,33). The van der Waals surface area contributed by atoms with Crippen LogP contribution in [0.15, 0.2) is 11.6 Å². The van der Waals surface area contributed by atoms with Gasteiger partial charge in [-0.2, -0.15) is 0 Å². The quantitative estimate of drug-likeness (QED) is 0.404. The van der Waals surface area contributed by atoms with Crippen LogP contribution in [0.1, 0.15) is 99.3 Å². The zero-order chi connectivity index (χ0) is 25.1. The smallest absolute Gasteiger partial charge is 0.312 e. The maximum Gasteiger partial charge on any atom is 0.312 e. The Kier molecular flexibility index (Phi) is 5.17. The van der Waals surface area contributed by atoms with Gasteiger partial charge < -0.3 is 20.4 Å². The molecule has 4 N–H and O–H groups in total. The topological polar surface area (TPSA) is 98.0 Å². The fourth-order valence-corrected chi connectivity index (χ4v) is 10.5. The molecule has 0 bridgehead atoms. The fraction of sp³-hybridized carbons (Fsp3) is 0.897. The predicted octanol–water partition coefficient (Wildman–Crippen LogP) is 4.93. The van der Waals surface area contributed by atoms with Crippen molar-refractivity contribution in [3.63, 3.8) is 0 Å². The molecule has 4 fully saturated rings. The Balaban J connectivity index is 1.63. The minimum absolute atomic E-state index is 0.0599. The second-order valence-electron chi connectivity index (χ2n) is 14.5. The monoisotopic (exact) mass is 474 g/mol. The van der Waals surface area contributed by atoms with Crippen molar-refractivity contribution in [3.8, 4) is 0 Å². The number of carboxylic acids is 1. The lowest BCUT2D eigenvalue weighted by Crippen LogP contribution is -2.67. The van der Waals surface area contributed by atoms with Crippen LogP contribution >= 0.6 is 0 Å². The maximum absolute atomic E-state index is 12.7. The number of fused-ring (bicyclic) bond motifs is 7. The molecule has 34 heavy (non-hydrogen) atoms. The van der Waals surface area contributed by atoms with E-state index in [9.17, 15) is 25.2 Å². The highest BCUT2D eigenvalue weighted by Gasteiger charge is 2.71. The SMILES string of the molecule is CC1(O)CCC2(C(=O)O)C(O)CC3(C)C(=CCC4C5(C)CCC(O)C(C)(C)C5CCC43C)C2C1. The van der Waals surface area contributed by atoms with Crippen LogP contribution in [0.3, 0.4) is 0 Å².